The van der Waals surface area contributed by atoms with Gasteiger partial charge in [-0.05, 0) is 20.9 Å². The van der Waals surface area contributed by atoms with Gasteiger partial charge in [0.1, 0.15) is 6.04 Å². The van der Waals surface area contributed by atoms with E-state index in [1.165, 1.54) is 0 Å². The average Bonchev–Trinajstić information content (AvgIpc) is 2.02. The summed E-state index contributed by atoms with van der Waals surface area (Å²) < 4.78 is 4.84. The lowest BCUT2D eigenvalue weighted by Gasteiger charge is -2.21. The van der Waals surface area contributed by atoms with E-state index in [9.17, 15) is 4.79 Å². The zero-order valence-electron chi connectivity index (χ0n) is 8.24. The highest BCUT2D eigenvalue weighted by Crippen LogP contribution is 1.97. The monoisotopic (exact) mass is 204 g/mol. The third kappa shape index (κ3) is 4.80. The molecule has 0 bridgehead atoms. The molecule has 0 aliphatic rings. The van der Waals surface area contributed by atoms with Gasteiger partial charge in [0.15, 0.2) is 0 Å². The highest BCUT2D eigenvalue weighted by molar-refractivity contribution is 7.80. The summed E-state index contributed by atoms with van der Waals surface area (Å²) in [5, 5.41) is 0. The Morgan fingerprint density at radius 1 is 1.69 bits per heavy atom. The van der Waals surface area contributed by atoms with Gasteiger partial charge in [-0.3, -0.25) is 9.69 Å². The molecule has 4 nitrogen and oxygen atoms in total. The summed E-state index contributed by atoms with van der Waals surface area (Å²) in [5.41, 5.74) is 5.34. The molecule has 0 aromatic carbocycles. The third-order valence-electron chi connectivity index (χ3n) is 1.69. The van der Waals surface area contributed by atoms with Crippen molar-refractivity contribution in [1.82, 2.24) is 4.90 Å². The van der Waals surface area contributed by atoms with Crippen molar-refractivity contribution in [3.63, 3.8) is 0 Å². The molecule has 0 spiro atoms. The van der Waals surface area contributed by atoms with Crippen molar-refractivity contribution in [1.29, 1.82) is 0 Å². The van der Waals surface area contributed by atoms with Crippen molar-refractivity contribution < 1.29 is 9.53 Å². The minimum atomic E-state index is -0.304. The van der Waals surface area contributed by atoms with Crippen molar-refractivity contribution >= 4 is 23.2 Å². The minimum absolute atomic E-state index is 0.249. The summed E-state index contributed by atoms with van der Waals surface area (Å²) in [6.07, 6.45) is 0. The van der Waals surface area contributed by atoms with Gasteiger partial charge < -0.3 is 10.5 Å². The predicted molar refractivity (Wildman–Crippen MR) is 55.5 cm³/mol. The number of hydrogen-bond acceptors (Lipinski definition) is 4. The number of thiocarbonyl (C=S) groups is 1. The molecule has 0 fully saturated rings. The van der Waals surface area contributed by atoms with E-state index in [1.807, 2.05) is 0 Å². The first-order chi connectivity index (χ1) is 5.99. The SMILES string of the molecule is CCOC(=O)C(C)N(C)CC(N)=S. The number of hydrogen-bond donors (Lipinski definition) is 1. The first-order valence-electron chi connectivity index (χ1n) is 4.14. The Balaban J connectivity index is 4.00. The molecular weight excluding hydrogens is 188 g/mol. The number of nitrogens with zero attached hydrogens (tertiary/aromatic N) is 1. The molecule has 0 amide bonds. The first kappa shape index (κ1) is 12.3. The van der Waals surface area contributed by atoms with Crippen LogP contribution in [0.1, 0.15) is 13.8 Å². The Morgan fingerprint density at radius 3 is 2.62 bits per heavy atom. The summed E-state index contributed by atoms with van der Waals surface area (Å²) in [6.45, 7) is 4.36. The lowest BCUT2D eigenvalue weighted by atomic mass is 10.3. The summed E-state index contributed by atoms with van der Waals surface area (Å²) in [6, 6.07) is -0.304. The first-order valence-corrected chi connectivity index (χ1v) is 4.55. The number of carbonyl (C=O) groups excluding carboxylic acids is 1. The standard InChI is InChI=1S/C8H16N2O2S/c1-4-12-8(11)6(2)10(3)5-7(9)13/h6H,4-5H2,1-3H3,(H2,9,13). The second-order valence-corrected chi connectivity index (χ2v) is 3.33. The van der Waals surface area contributed by atoms with Crippen molar-refractivity contribution in [3.05, 3.63) is 0 Å². The zero-order chi connectivity index (χ0) is 10.4. The fraction of sp³-hybridized carbons (Fsp3) is 0.750. The van der Waals surface area contributed by atoms with Crippen LogP contribution >= 0.6 is 12.2 Å². The van der Waals surface area contributed by atoms with E-state index in [2.05, 4.69) is 0 Å². The summed E-state index contributed by atoms with van der Waals surface area (Å²) in [5.74, 6) is -0.249. The molecule has 0 saturated heterocycles. The van der Waals surface area contributed by atoms with Crippen LogP contribution in [0, 0.1) is 0 Å². The van der Waals surface area contributed by atoms with Gasteiger partial charge in [0.2, 0.25) is 0 Å². The maximum Gasteiger partial charge on any atom is 0.323 e. The molecule has 0 saturated carbocycles. The Morgan fingerprint density at radius 2 is 2.23 bits per heavy atom. The summed E-state index contributed by atoms with van der Waals surface area (Å²) in [7, 11) is 1.78. The van der Waals surface area contributed by atoms with E-state index in [0.717, 1.165) is 0 Å². The van der Waals surface area contributed by atoms with Crippen LogP contribution in [0.25, 0.3) is 0 Å². The molecule has 0 aromatic rings. The van der Waals surface area contributed by atoms with Crippen LogP contribution in [0.4, 0.5) is 0 Å². The van der Waals surface area contributed by atoms with E-state index < -0.39 is 0 Å². The quantitative estimate of drug-likeness (QED) is 0.510. The minimum Gasteiger partial charge on any atom is -0.465 e. The highest BCUT2D eigenvalue weighted by atomic mass is 32.1. The molecule has 76 valence electrons. The Bertz CT molecular complexity index is 197. The number of carbonyl (C=O) groups is 1. The molecule has 0 heterocycles. The Hall–Kier alpha value is -0.680. The smallest absolute Gasteiger partial charge is 0.323 e. The van der Waals surface area contributed by atoms with Crippen LogP contribution in [0.5, 0.6) is 0 Å². The highest BCUT2D eigenvalue weighted by Gasteiger charge is 2.18. The number of ether oxygens (including phenoxy) is 1. The predicted octanol–water partition coefficient (Wildman–Crippen LogP) is 0.156. The second kappa shape index (κ2) is 5.88. The van der Waals surface area contributed by atoms with Gasteiger partial charge in [0, 0.05) is 6.54 Å². The van der Waals surface area contributed by atoms with Crippen LogP contribution in [0.3, 0.4) is 0 Å². The molecule has 5 heteroatoms. The maximum absolute atomic E-state index is 11.2. The van der Waals surface area contributed by atoms with Gasteiger partial charge in [-0.1, -0.05) is 12.2 Å². The number of nitrogens with two attached hydrogens (primary N) is 1. The molecule has 0 aliphatic heterocycles. The summed E-state index contributed by atoms with van der Waals surface area (Å²) >= 11 is 4.73. The molecule has 1 atom stereocenters. The van der Waals surface area contributed by atoms with Crippen LogP contribution in [0.2, 0.25) is 0 Å². The van der Waals surface area contributed by atoms with E-state index in [-0.39, 0.29) is 12.0 Å². The Labute approximate surface area is 84.0 Å². The number of likely N-dealkylation sites (N-methyl/N-ethyl adjacent to an activating group) is 1. The van der Waals surface area contributed by atoms with Crippen LogP contribution < -0.4 is 5.73 Å². The van der Waals surface area contributed by atoms with E-state index >= 15 is 0 Å². The largest absolute Gasteiger partial charge is 0.465 e. The average molecular weight is 204 g/mol. The molecule has 0 aliphatic carbocycles. The van der Waals surface area contributed by atoms with Gasteiger partial charge in [-0.25, -0.2) is 0 Å². The molecule has 13 heavy (non-hydrogen) atoms. The lowest BCUT2D eigenvalue weighted by molar-refractivity contribution is -0.148. The van der Waals surface area contributed by atoms with Crippen molar-refractivity contribution in [2.75, 3.05) is 20.2 Å². The van der Waals surface area contributed by atoms with Crippen LogP contribution in [-0.2, 0) is 9.53 Å². The normalized spacial score (nSPS) is 12.6. The summed E-state index contributed by atoms with van der Waals surface area (Å²) in [4.78, 5) is 13.3. The van der Waals surface area contributed by atoms with E-state index in [0.29, 0.717) is 18.1 Å². The fourth-order valence-electron chi connectivity index (χ4n) is 0.826. The van der Waals surface area contributed by atoms with E-state index in [1.54, 1.807) is 25.8 Å². The molecule has 1 unspecified atom stereocenters. The Kier molecular flexibility index (Phi) is 5.57. The van der Waals surface area contributed by atoms with Crippen molar-refractivity contribution in [2.45, 2.75) is 19.9 Å². The van der Waals surface area contributed by atoms with Crippen LogP contribution in [0.15, 0.2) is 0 Å². The van der Waals surface area contributed by atoms with E-state index in [4.69, 9.17) is 22.7 Å². The maximum atomic E-state index is 11.2. The molecule has 0 rings (SSSR count). The van der Waals surface area contributed by atoms with Crippen LogP contribution in [-0.4, -0.2) is 42.1 Å². The number of rotatable bonds is 5. The van der Waals surface area contributed by atoms with Gasteiger partial charge in [-0.15, -0.1) is 0 Å². The molecular formula is C8H16N2O2S. The molecule has 0 aromatic heterocycles. The molecule has 0 radical (unpaired) electrons. The second-order valence-electron chi connectivity index (χ2n) is 2.81. The third-order valence-corrected chi connectivity index (χ3v) is 1.82. The van der Waals surface area contributed by atoms with Gasteiger partial charge >= 0.3 is 5.97 Å². The van der Waals surface area contributed by atoms with Gasteiger partial charge in [0.05, 0.1) is 11.6 Å². The van der Waals surface area contributed by atoms with Crippen molar-refractivity contribution in [3.8, 4) is 0 Å². The van der Waals surface area contributed by atoms with Gasteiger partial charge in [-0.2, -0.15) is 0 Å². The topological polar surface area (TPSA) is 55.6 Å². The number of esters is 1. The zero-order valence-corrected chi connectivity index (χ0v) is 9.06. The lowest BCUT2D eigenvalue weighted by Crippen LogP contribution is -2.41. The fourth-order valence-corrected chi connectivity index (χ4v) is 1.03. The molecule has 2 N–H and O–H groups in total. The van der Waals surface area contributed by atoms with Crippen molar-refractivity contribution in [2.24, 2.45) is 5.73 Å². The van der Waals surface area contributed by atoms with Gasteiger partial charge in [0.25, 0.3) is 0 Å².